The van der Waals surface area contributed by atoms with Crippen molar-refractivity contribution in [2.45, 2.75) is 79.6 Å². The van der Waals surface area contributed by atoms with Crippen LogP contribution in [0.2, 0.25) is 0 Å². The largest absolute Gasteiger partial charge is 0.0654 e. The summed E-state index contributed by atoms with van der Waals surface area (Å²) in [5.74, 6) is 2.84. The van der Waals surface area contributed by atoms with E-state index < -0.39 is 0 Å². The molecular formula is C15H32. The maximum atomic E-state index is 2.45. The summed E-state index contributed by atoms with van der Waals surface area (Å²) in [5, 5.41) is 0. The van der Waals surface area contributed by atoms with Crippen molar-refractivity contribution in [1.29, 1.82) is 0 Å². The molecule has 0 spiro atoms. The highest BCUT2D eigenvalue weighted by Gasteiger charge is 2.12. The lowest BCUT2D eigenvalue weighted by atomic mass is 9.85. The monoisotopic (exact) mass is 212 g/mol. The van der Waals surface area contributed by atoms with E-state index in [-0.39, 0.29) is 0 Å². The molecule has 0 aliphatic heterocycles. The van der Waals surface area contributed by atoms with Gasteiger partial charge in [0.25, 0.3) is 0 Å². The van der Waals surface area contributed by atoms with Crippen LogP contribution >= 0.6 is 0 Å². The zero-order valence-electron chi connectivity index (χ0n) is 11.7. The SMILES string of the molecule is CCCCC(C)CC(C)CC(CC)CC. The van der Waals surface area contributed by atoms with Gasteiger partial charge < -0.3 is 0 Å². The predicted octanol–water partition coefficient (Wildman–Crippen LogP) is 5.67. The summed E-state index contributed by atoms with van der Waals surface area (Å²) < 4.78 is 0. The van der Waals surface area contributed by atoms with E-state index in [1.165, 1.54) is 44.9 Å². The molecule has 0 fully saturated rings. The van der Waals surface area contributed by atoms with E-state index in [0.29, 0.717) is 0 Å². The molecule has 0 N–H and O–H groups in total. The first-order valence-electron chi connectivity index (χ1n) is 7.13. The van der Waals surface area contributed by atoms with Crippen molar-refractivity contribution >= 4 is 0 Å². The van der Waals surface area contributed by atoms with Crippen LogP contribution in [0.25, 0.3) is 0 Å². The lowest BCUT2D eigenvalue weighted by molar-refractivity contribution is 0.309. The molecule has 2 unspecified atom stereocenters. The van der Waals surface area contributed by atoms with Gasteiger partial charge in [-0.3, -0.25) is 0 Å². The minimum absolute atomic E-state index is 0.932. The van der Waals surface area contributed by atoms with Crippen LogP contribution in [0, 0.1) is 17.8 Å². The Labute approximate surface area is 97.8 Å². The van der Waals surface area contributed by atoms with Crippen molar-refractivity contribution < 1.29 is 0 Å². The average molecular weight is 212 g/mol. The van der Waals surface area contributed by atoms with Gasteiger partial charge in [0.15, 0.2) is 0 Å². The third-order valence-corrected chi connectivity index (χ3v) is 3.75. The molecule has 0 aromatic heterocycles. The lowest BCUT2D eigenvalue weighted by Gasteiger charge is -2.21. The molecule has 0 bridgehead atoms. The maximum Gasteiger partial charge on any atom is -0.0417 e. The molecule has 0 nitrogen and oxygen atoms in total. The van der Waals surface area contributed by atoms with Crippen LogP contribution in [0.5, 0.6) is 0 Å². The third-order valence-electron chi connectivity index (χ3n) is 3.75. The molecule has 0 aromatic carbocycles. The summed E-state index contributed by atoms with van der Waals surface area (Å²) in [4.78, 5) is 0. The summed E-state index contributed by atoms with van der Waals surface area (Å²) in [6.07, 6.45) is 9.82. The molecule has 0 aliphatic carbocycles. The normalized spacial score (nSPS) is 15.6. The van der Waals surface area contributed by atoms with Crippen LogP contribution in [0.15, 0.2) is 0 Å². The second kappa shape index (κ2) is 9.24. The van der Waals surface area contributed by atoms with Gasteiger partial charge in [-0.25, -0.2) is 0 Å². The molecule has 0 aromatic rings. The summed E-state index contributed by atoms with van der Waals surface area (Å²) in [6.45, 7) is 11.8. The Morgan fingerprint density at radius 3 is 1.87 bits per heavy atom. The van der Waals surface area contributed by atoms with E-state index in [2.05, 4.69) is 34.6 Å². The van der Waals surface area contributed by atoms with E-state index in [9.17, 15) is 0 Å². The van der Waals surface area contributed by atoms with Gasteiger partial charge in [0.05, 0.1) is 0 Å². The summed E-state index contributed by atoms with van der Waals surface area (Å²) >= 11 is 0. The standard InChI is InChI=1S/C15H32/c1-6-9-10-13(4)11-14(5)12-15(7-2)8-3/h13-15H,6-12H2,1-5H3. The van der Waals surface area contributed by atoms with Crippen molar-refractivity contribution in [3.05, 3.63) is 0 Å². The molecule has 0 aliphatic rings. The first-order valence-corrected chi connectivity index (χ1v) is 7.13. The molecular weight excluding hydrogens is 180 g/mol. The molecule has 0 rings (SSSR count). The van der Waals surface area contributed by atoms with Crippen molar-refractivity contribution in [2.75, 3.05) is 0 Å². The van der Waals surface area contributed by atoms with E-state index in [4.69, 9.17) is 0 Å². The van der Waals surface area contributed by atoms with Crippen molar-refractivity contribution in [3.63, 3.8) is 0 Å². The first kappa shape index (κ1) is 15.0. The van der Waals surface area contributed by atoms with Crippen LogP contribution < -0.4 is 0 Å². The van der Waals surface area contributed by atoms with E-state index in [0.717, 1.165) is 17.8 Å². The second-order valence-corrected chi connectivity index (χ2v) is 5.51. The zero-order chi connectivity index (χ0) is 11.7. The highest BCUT2D eigenvalue weighted by atomic mass is 14.2. The Kier molecular flexibility index (Phi) is 9.24. The van der Waals surface area contributed by atoms with Crippen LogP contribution in [0.4, 0.5) is 0 Å². The zero-order valence-corrected chi connectivity index (χ0v) is 11.7. The molecule has 0 radical (unpaired) electrons. The van der Waals surface area contributed by atoms with Crippen LogP contribution in [0.1, 0.15) is 79.6 Å². The second-order valence-electron chi connectivity index (χ2n) is 5.51. The molecule has 2 atom stereocenters. The Balaban J connectivity index is 3.66. The van der Waals surface area contributed by atoms with E-state index in [1.54, 1.807) is 0 Å². The van der Waals surface area contributed by atoms with Crippen molar-refractivity contribution in [3.8, 4) is 0 Å². The fraction of sp³-hybridized carbons (Fsp3) is 1.00. The van der Waals surface area contributed by atoms with Crippen LogP contribution in [-0.4, -0.2) is 0 Å². The van der Waals surface area contributed by atoms with Crippen LogP contribution in [0.3, 0.4) is 0 Å². The quantitative estimate of drug-likeness (QED) is 0.462. The van der Waals surface area contributed by atoms with Gasteiger partial charge in [0, 0.05) is 0 Å². The minimum atomic E-state index is 0.932. The molecule has 0 saturated heterocycles. The van der Waals surface area contributed by atoms with Gasteiger partial charge in [-0.05, 0) is 30.6 Å². The molecule has 0 heteroatoms. The van der Waals surface area contributed by atoms with Gasteiger partial charge in [0.2, 0.25) is 0 Å². The highest BCUT2D eigenvalue weighted by molar-refractivity contribution is 4.64. The van der Waals surface area contributed by atoms with Gasteiger partial charge in [-0.1, -0.05) is 66.7 Å². The molecule has 92 valence electrons. The van der Waals surface area contributed by atoms with E-state index in [1.807, 2.05) is 0 Å². The van der Waals surface area contributed by atoms with Gasteiger partial charge in [-0.15, -0.1) is 0 Å². The lowest BCUT2D eigenvalue weighted by Crippen LogP contribution is -2.08. The third kappa shape index (κ3) is 7.88. The highest BCUT2D eigenvalue weighted by Crippen LogP contribution is 2.25. The summed E-state index contributed by atoms with van der Waals surface area (Å²) in [6, 6.07) is 0. The fourth-order valence-corrected chi connectivity index (χ4v) is 2.64. The first-order chi connectivity index (χ1) is 7.13. The summed E-state index contributed by atoms with van der Waals surface area (Å²) in [5.41, 5.74) is 0. The molecule has 0 saturated carbocycles. The smallest absolute Gasteiger partial charge is 0.0417 e. The molecule has 0 heterocycles. The fourth-order valence-electron chi connectivity index (χ4n) is 2.64. The van der Waals surface area contributed by atoms with Crippen LogP contribution in [-0.2, 0) is 0 Å². The molecule has 0 amide bonds. The van der Waals surface area contributed by atoms with Crippen molar-refractivity contribution in [2.24, 2.45) is 17.8 Å². The minimum Gasteiger partial charge on any atom is -0.0654 e. The Bertz CT molecular complexity index is 124. The number of hydrogen-bond acceptors (Lipinski definition) is 0. The van der Waals surface area contributed by atoms with E-state index >= 15 is 0 Å². The number of unbranched alkanes of at least 4 members (excludes halogenated alkanes) is 1. The summed E-state index contributed by atoms with van der Waals surface area (Å²) in [7, 11) is 0. The molecule has 15 heavy (non-hydrogen) atoms. The average Bonchev–Trinajstić information content (AvgIpc) is 2.22. The predicted molar refractivity (Wildman–Crippen MR) is 71.2 cm³/mol. The Morgan fingerprint density at radius 2 is 1.40 bits per heavy atom. The van der Waals surface area contributed by atoms with Gasteiger partial charge in [-0.2, -0.15) is 0 Å². The Morgan fingerprint density at radius 1 is 0.800 bits per heavy atom. The topological polar surface area (TPSA) is 0 Å². The maximum absolute atomic E-state index is 2.45. The van der Waals surface area contributed by atoms with Crippen molar-refractivity contribution in [1.82, 2.24) is 0 Å². The number of hydrogen-bond donors (Lipinski definition) is 0. The van der Waals surface area contributed by atoms with Gasteiger partial charge >= 0.3 is 0 Å². The van der Waals surface area contributed by atoms with Gasteiger partial charge in [0.1, 0.15) is 0 Å². The Hall–Kier alpha value is 0. The number of rotatable bonds is 9.